The lowest BCUT2D eigenvalue weighted by atomic mass is 9.89. The van der Waals surface area contributed by atoms with Crippen LogP contribution in [0.5, 0.6) is 0 Å². The number of aryl methyl sites for hydroxylation is 1. The Bertz CT molecular complexity index is 551. The first-order valence-corrected chi connectivity index (χ1v) is 8.99. The second-order valence-electron chi connectivity index (χ2n) is 6.13. The summed E-state index contributed by atoms with van der Waals surface area (Å²) in [5, 5.41) is 2.98. The molecule has 1 saturated carbocycles. The summed E-state index contributed by atoms with van der Waals surface area (Å²) < 4.78 is 5.97. The van der Waals surface area contributed by atoms with Gasteiger partial charge in [0.1, 0.15) is 5.54 Å². The minimum absolute atomic E-state index is 0.0898. The van der Waals surface area contributed by atoms with E-state index in [1.807, 2.05) is 24.3 Å². The fourth-order valence-corrected chi connectivity index (χ4v) is 3.67. The van der Waals surface area contributed by atoms with E-state index in [2.05, 4.69) is 21.2 Å². The number of esters is 1. The van der Waals surface area contributed by atoms with Crippen molar-refractivity contribution in [1.82, 2.24) is 5.32 Å². The first-order valence-electron chi connectivity index (χ1n) is 8.20. The van der Waals surface area contributed by atoms with Crippen LogP contribution in [0.15, 0.2) is 28.7 Å². The molecular weight excluding hydrogens is 358 g/mol. The molecule has 1 aromatic carbocycles. The Kier molecular flexibility index (Phi) is 6.63. The first kappa shape index (κ1) is 18.0. The predicted octanol–water partition coefficient (Wildman–Crippen LogP) is 3.76. The van der Waals surface area contributed by atoms with Gasteiger partial charge in [0.2, 0.25) is 5.91 Å². The molecule has 5 heteroatoms. The highest BCUT2D eigenvalue weighted by molar-refractivity contribution is 9.10. The molecule has 1 aliphatic rings. The summed E-state index contributed by atoms with van der Waals surface area (Å²) in [6.45, 7) is 0. The molecular formula is C18H24BrNO3. The lowest BCUT2D eigenvalue weighted by molar-refractivity contribution is -0.151. The third-order valence-electron chi connectivity index (χ3n) is 4.49. The smallest absolute Gasteiger partial charge is 0.331 e. The van der Waals surface area contributed by atoms with Gasteiger partial charge < -0.3 is 10.1 Å². The molecule has 0 aliphatic heterocycles. The number of hydrogen-bond acceptors (Lipinski definition) is 3. The molecule has 0 atom stereocenters. The highest BCUT2D eigenvalue weighted by Crippen LogP contribution is 2.28. The number of ether oxygens (including phenoxy) is 1. The number of hydrogen-bond donors (Lipinski definition) is 1. The summed E-state index contributed by atoms with van der Waals surface area (Å²) in [5.74, 6) is -0.401. The van der Waals surface area contributed by atoms with Gasteiger partial charge in [0, 0.05) is 10.9 Å². The van der Waals surface area contributed by atoms with Crippen LogP contribution in [0.2, 0.25) is 0 Å². The van der Waals surface area contributed by atoms with Crippen molar-refractivity contribution in [3.63, 3.8) is 0 Å². The highest BCUT2D eigenvalue weighted by atomic mass is 79.9. The maximum absolute atomic E-state index is 12.4. The third-order valence-corrected chi connectivity index (χ3v) is 5.26. The predicted molar refractivity (Wildman–Crippen MR) is 93.1 cm³/mol. The normalized spacial score (nSPS) is 17.1. The van der Waals surface area contributed by atoms with Crippen molar-refractivity contribution >= 4 is 27.8 Å². The van der Waals surface area contributed by atoms with Crippen LogP contribution >= 0.6 is 15.9 Å². The van der Waals surface area contributed by atoms with Gasteiger partial charge in [-0.25, -0.2) is 4.79 Å². The zero-order valence-electron chi connectivity index (χ0n) is 13.6. The molecule has 0 saturated heterocycles. The molecule has 0 aromatic heterocycles. The largest absolute Gasteiger partial charge is 0.467 e. The number of nitrogens with one attached hydrogen (secondary N) is 1. The van der Waals surface area contributed by atoms with Gasteiger partial charge in [-0.05, 0) is 30.9 Å². The van der Waals surface area contributed by atoms with Gasteiger partial charge in [0.15, 0.2) is 0 Å². The van der Waals surface area contributed by atoms with E-state index in [-0.39, 0.29) is 11.9 Å². The Hall–Kier alpha value is -1.36. The summed E-state index contributed by atoms with van der Waals surface area (Å²) in [5.41, 5.74) is 0.256. The van der Waals surface area contributed by atoms with E-state index in [9.17, 15) is 9.59 Å². The number of carbonyl (C=O) groups excluding carboxylic acids is 2. The summed E-state index contributed by atoms with van der Waals surface area (Å²) in [4.78, 5) is 24.7. The van der Waals surface area contributed by atoms with Crippen LogP contribution in [0.1, 0.15) is 50.5 Å². The summed E-state index contributed by atoms with van der Waals surface area (Å²) >= 11 is 3.49. The van der Waals surface area contributed by atoms with E-state index in [1.165, 1.54) is 7.11 Å². The van der Waals surface area contributed by atoms with Gasteiger partial charge in [-0.3, -0.25) is 4.79 Å². The molecule has 0 unspecified atom stereocenters. The van der Waals surface area contributed by atoms with Gasteiger partial charge in [-0.2, -0.15) is 0 Å². The maximum atomic E-state index is 12.4. The van der Waals surface area contributed by atoms with Crippen molar-refractivity contribution < 1.29 is 14.3 Å². The molecule has 0 bridgehead atoms. The number of amides is 1. The molecule has 1 N–H and O–H groups in total. The Morgan fingerprint density at radius 1 is 1.17 bits per heavy atom. The van der Waals surface area contributed by atoms with Crippen LogP contribution < -0.4 is 5.32 Å². The summed E-state index contributed by atoms with van der Waals surface area (Å²) in [7, 11) is 1.39. The van der Waals surface area contributed by atoms with Crippen molar-refractivity contribution in [1.29, 1.82) is 0 Å². The van der Waals surface area contributed by atoms with Crippen molar-refractivity contribution in [2.45, 2.75) is 56.9 Å². The topological polar surface area (TPSA) is 55.4 Å². The quantitative estimate of drug-likeness (QED) is 0.623. The molecule has 2 rings (SSSR count). The van der Waals surface area contributed by atoms with Gasteiger partial charge in [0.05, 0.1) is 7.11 Å². The summed E-state index contributed by atoms with van der Waals surface area (Å²) in [6, 6.07) is 7.87. The lowest BCUT2D eigenvalue weighted by Crippen LogP contribution is -2.54. The second kappa shape index (κ2) is 8.48. The van der Waals surface area contributed by atoms with Gasteiger partial charge >= 0.3 is 5.97 Å². The zero-order valence-corrected chi connectivity index (χ0v) is 15.2. The molecule has 0 spiro atoms. The van der Waals surface area contributed by atoms with E-state index in [0.29, 0.717) is 25.7 Å². The average molecular weight is 382 g/mol. The lowest BCUT2D eigenvalue weighted by Gasteiger charge is -2.31. The minimum Gasteiger partial charge on any atom is -0.467 e. The Morgan fingerprint density at radius 3 is 2.43 bits per heavy atom. The molecule has 1 fully saturated rings. The molecule has 1 aromatic rings. The standard InChI is InChI=1S/C18H24BrNO3/c1-23-17(22)18(12-6-2-3-7-13-18)20-16(21)11-10-14-8-4-5-9-15(14)19/h4-5,8-9H,2-3,6-7,10-13H2,1H3,(H,20,21). The van der Waals surface area contributed by atoms with Crippen LogP contribution in [0.3, 0.4) is 0 Å². The van der Waals surface area contributed by atoms with Gasteiger partial charge in [-0.15, -0.1) is 0 Å². The maximum Gasteiger partial charge on any atom is 0.331 e. The molecule has 126 valence electrons. The number of methoxy groups -OCH3 is 1. The van der Waals surface area contributed by atoms with E-state index in [1.54, 1.807) is 0 Å². The van der Waals surface area contributed by atoms with Crippen molar-refractivity contribution in [2.75, 3.05) is 7.11 Å². The van der Waals surface area contributed by atoms with Crippen LogP contribution in [-0.2, 0) is 20.7 Å². The van der Waals surface area contributed by atoms with Crippen LogP contribution in [-0.4, -0.2) is 24.5 Å². The third kappa shape index (κ3) is 4.80. The van der Waals surface area contributed by atoms with Gasteiger partial charge in [0.25, 0.3) is 0 Å². The summed E-state index contributed by atoms with van der Waals surface area (Å²) in [6.07, 6.45) is 6.43. The van der Waals surface area contributed by atoms with Crippen LogP contribution in [0.4, 0.5) is 0 Å². The van der Waals surface area contributed by atoms with Crippen LogP contribution in [0.25, 0.3) is 0 Å². The average Bonchev–Trinajstić information content (AvgIpc) is 2.80. The number of carbonyl (C=O) groups is 2. The number of rotatable bonds is 5. The SMILES string of the molecule is COC(=O)C1(NC(=O)CCc2ccccc2Br)CCCCCC1. The van der Waals surface area contributed by atoms with Crippen molar-refractivity contribution in [3.05, 3.63) is 34.3 Å². The fraction of sp³-hybridized carbons (Fsp3) is 0.556. The Morgan fingerprint density at radius 2 is 1.83 bits per heavy atom. The minimum atomic E-state index is -0.837. The number of halogens is 1. The van der Waals surface area contributed by atoms with E-state index in [4.69, 9.17) is 4.74 Å². The second-order valence-corrected chi connectivity index (χ2v) is 6.98. The molecule has 0 radical (unpaired) electrons. The first-order chi connectivity index (χ1) is 11.1. The van der Waals surface area contributed by atoms with E-state index >= 15 is 0 Å². The molecule has 4 nitrogen and oxygen atoms in total. The fourth-order valence-electron chi connectivity index (χ4n) is 3.19. The van der Waals surface area contributed by atoms with Crippen molar-refractivity contribution in [3.8, 4) is 0 Å². The molecule has 0 heterocycles. The highest BCUT2D eigenvalue weighted by Gasteiger charge is 2.40. The molecule has 23 heavy (non-hydrogen) atoms. The Balaban J connectivity index is 2.00. The van der Waals surface area contributed by atoms with Crippen LogP contribution in [0, 0.1) is 0 Å². The monoisotopic (exact) mass is 381 g/mol. The van der Waals surface area contributed by atoms with E-state index in [0.717, 1.165) is 35.7 Å². The molecule has 1 aliphatic carbocycles. The zero-order chi connectivity index (χ0) is 16.7. The Labute approximate surface area is 146 Å². The van der Waals surface area contributed by atoms with Gasteiger partial charge in [-0.1, -0.05) is 59.8 Å². The van der Waals surface area contributed by atoms with Crippen molar-refractivity contribution in [2.24, 2.45) is 0 Å². The molecule has 1 amide bonds. The van der Waals surface area contributed by atoms with E-state index < -0.39 is 5.54 Å². The number of benzene rings is 1.